The maximum absolute atomic E-state index is 12.1. The number of hydrogen-bond donors (Lipinski definition) is 1. The lowest BCUT2D eigenvalue weighted by Gasteiger charge is -2.32. The fraction of sp³-hybridized carbons (Fsp3) is 0.857. The van der Waals surface area contributed by atoms with Crippen molar-refractivity contribution < 1.29 is 19.4 Å². The Hall–Kier alpha value is -1.55. The zero-order valence-electron chi connectivity index (χ0n) is 14.5. The standard InChI is InChI=1S/C14H25N5O4S/c1-5-18(14(2,3)4)19(22)16-23-10-6-8-17(9-7-10)12-11(20)15-13(21)24-12/h10,12H,5-9H2,1-4H3,(H,15,20,21)/b19-16+. The Labute approximate surface area is 145 Å². The molecule has 2 rings (SSSR count). The molecule has 0 aromatic rings. The van der Waals surface area contributed by atoms with E-state index < -0.39 is 5.37 Å². The maximum atomic E-state index is 12.1. The van der Waals surface area contributed by atoms with Crippen molar-refractivity contribution in [3.63, 3.8) is 0 Å². The highest BCUT2D eigenvalue weighted by Crippen LogP contribution is 2.26. The molecule has 24 heavy (non-hydrogen) atoms. The van der Waals surface area contributed by atoms with Gasteiger partial charge in [0.05, 0.1) is 17.1 Å². The van der Waals surface area contributed by atoms with E-state index in [2.05, 4.69) is 10.6 Å². The number of thioether (sulfide) groups is 1. The van der Waals surface area contributed by atoms with Gasteiger partial charge >= 0.3 is 0 Å². The molecule has 0 aromatic carbocycles. The van der Waals surface area contributed by atoms with E-state index in [1.807, 2.05) is 32.6 Å². The minimum absolute atomic E-state index is 0.165. The second-order valence-corrected chi connectivity index (χ2v) is 7.86. The van der Waals surface area contributed by atoms with Crippen LogP contribution in [0, 0.1) is 5.21 Å². The molecule has 0 radical (unpaired) electrons. The quantitative estimate of drug-likeness (QED) is 0.453. The van der Waals surface area contributed by atoms with E-state index in [0.29, 0.717) is 37.4 Å². The molecule has 1 unspecified atom stereocenters. The van der Waals surface area contributed by atoms with Crippen LogP contribution in [0.2, 0.25) is 0 Å². The summed E-state index contributed by atoms with van der Waals surface area (Å²) in [6, 6.07) is 0. The van der Waals surface area contributed by atoms with Gasteiger partial charge in [0, 0.05) is 13.1 Å². The summed E-state index contributed by atoms with van der Waals surface area (Å²) in [6.45, 7) is 9.45. The zero-order chi connectivity index (χ0) is 17.9. The lowest BCUT2D eigenvalue weighted by Crippen LogP contribution is -2.46. The molecule has 0 aromatic heterocycles. The molecule has 2 saturated heterocycles. The van der Waals surface area contributed by atoms with Gasteiger partial charge < -0.3 is 10.0 Å². The van der Waals surface area contributed by atoms with E-state index in [0.717, 1.165) is 11.8 Å². The Balaban J connectivity index is 1.84. The number of imide groups is 1. The second-order valence-electron chi connectivity index (χ2n) is 6.81. The van der Waals surface area contributed by atoms with E-state index in [9.17, 15) is 14.8 Å². The van der Waals surface area contributed by atoms with E-state index in [1.165, 1.54) is 0 Å². The second kappa shape index (κ2) is 7.56. The Morgan fingerprint density at radius 1 is 1.42 bits per heavy atom. The van der Waals surface area contributed by atoms with E-state index >= 15 is 0 Å². The van der Waals surface area contributed by atoms with Crippen molar-refractivity contribution in [3.8, 4) is 0 Å². The van der Waals surface area contributed by atoms with Gasteiger partial charge in [-0.05, 0) is 52.3 Å². The number of rotatable bonds is 5. The van der Waals surface area contributed by atoms with Gasteiger partial charge in [-0.3, -0.25) is 19.8 Å². The van der Waals surface area contributed by atoms with E-state index in [1.54, 1.807) is 5.01 Å². The highest BCUT2D eigenvalue weighted by atomic mass is 32.2. The molecule has 2 aliphatic rings. The van der Waals surface area contributed by atoms with E-state index in [4.69, 9.17) is 4.84 Å². The Morgan fingerprint density at radius 2 is 2.04 bits per heavy atom. The van der Waals surface area contributed by atoms with Crippen molar-refractivity contribution in [3.05, 3.63) is 5.21 Å². The third-order valence-electron chi connectivity index (χ3n) is 4.02. The van der Waals surface area contributed by atoms with Gasteiger partial charge in [-0.1, -0.05) is 0 Å². The van der Waals surface area contributed by atoms with Crippen LogP contribution in [-0.4, -0.2) is 62.7 Å². The fourth-order valence-electron chi connectivity index (χ4n) is 2.81. The predicted molar refractivity (Wildman–Crippen MR) is 88.8 cm³/mol. The highest BCUT2D eigenvalue weighted by Gasteiger charge is 2.38. The highest BCUT2D eigenvalue weighted by molar-refractivity contribution is 8.15. The van der Waals surface area contributed by atoms with E-state index in [-0.39, 0.29) is 22.8 Å². The van der Waals surface area contributed by atoms with Gasteiger partial charge in [-0.25, -0.2) is 0 Å². The van der Waals surface area contributed by atoms with Gasteiger partial charge in [0.2, 0.25) is 5.28 Å². The molecule has 10 heteroatoms. The molecule has 1 atom stereocenters. The van der Waals surface area contributed by atoms with Crippen LogP contribution in [0.1, 0.15) is 40.5 Å². The summed E-state index contributed by atoms with van der Waals surface area (Å²) in [5.41, 5.74) is -0.341. The number of piperidine rings is 1. The van der Waals surface area contributed by atoms with Crippen LogP contribution in [0.3, 0.4) is 0 Å². The maximum Gasteiger partial charge on any atom is 0.287 e. The monoisotopic (exact) mass is 359 g/mol. The number of carbonyl (C=O) groups excluding carboxylic acids is 2. The van der Waals surface area contributed by atoms with Crippen LogP contribution >= 0.6 is 11.8 Å². The van der Waals surface area contributed by atoms with Crippen LogP contribution < -0.4 is 5.32 Å². The van der Waals surface area contributed by atoms with Gasteiger partial charge in [0.25, 0.3) is 11.1 Å². The zero-order valence-corrected chi connectivity index (χ0v) is 15.3. The Kier molecular flexibility index (Phi) is 5.92. The van der Waals surface area contributed by atoms with Gasteiger partial charge in [-0.15, -0.1) is 5.01 Å². The average Bonchev–Trinajstić information content (AvgIpc) is 2.83. The molecule has 1 N–H and O–H groups in total. The minimum atomic E-state index is -0.456. The first-order valence-electron chi connectivity index (χ1n) is 8.09. The number of nitrogens with one attached hydrogen (secondary N) is 1. The molecule has 0 aliphatic carbocycles. The number of carbonyl (C=O) groups is 2. The first-order valence-corrected chi connectivity index (χ1v) is 8.97. The molecular weight excluding hydrogens is 334 g/mol. The molecule has 2 heterocycles. The fourth-order valence-corrected chi connectivity index (χ4v) is 3.69. The van der Waals surface area contributed by atoms with Crippen LogP contribution in [0.4, 0.5) is 4.79 Å². The number of hydrazine groups is 1. The van der Waals surface area contributed by atoms with Gasteiger partial charge in [-0.2, -0.15) is 0 Å². The summed E-state index contributed by atoms with van der Waals surface area (Å²) in [5, 5.41) is 18.8. The largest absolute Gasteiger partial charge is 0.569 e. The van der Waals surface area contributed by atoms with Crippen molar-refractivity contribution in [2.45, 2.75) is 57.6 Å². The molecule has 0 spiro atoms. The van der Waals surface area contributed by atoms with Crippen molar-refractivity contribution >= 4 is 22.9 Å². The summed E-state index contributed by atoms with van der Waals surface area (Å²) in [6.07, 6.45) is 1.14. The number of nitrogens with zero attached hydrogens (tertiary/aromatic N) is 4. The number of hydrogen-bond acceptors (Lipinski definition) is 7. The summed E-state index contributed by atoms with van der Waals surface area (Å²) >= 11 is 1.01. The summed E-state index contributed by atoms with van der Waals surface area (Å²) < 4.78 is 0. The Morgan fingerprint density at radius 3 is 2.50 bits per heavy atom. The first-order chi connectivity index (χ1) is 11.2. The number of amides is 2. The molecule has 2 fully saturated rings. The van der Waals surface area contributed by atoms with Crippen molar-refractivity contribution in [1.29, 1.82) is 0 Å². The lowest BCUT2D eigenvalue weighted by molar-refractivity contribution is -0.725. The van der Waals surface area contributed by atoms with Gasteiger partial charge in [0.15, 0.2) is 0 Å². The molecular formula is C14H25N5O4S. The van der Waals surface area contributed by atoms with Crippen LogP contribution in [0.15, 0.2) is 5.28 Å². The third kappa shape index (κ3) is 4.50. The lowest BCUT2D eigenvalue weighted by atomic mass is 10.1. The van der Waals surface area contributed by atoms with Crippen molar-refractivity contribution in [2.75, 3.05) is 19.6 Å². The molecule has 0 bridgehead atoms. The van der Waals surface area contributed by atoms with Crippen molar-refractivity contribution in [2.24, 2.45) is 5.28 Å². The number of likely N-dealkylation sites (tertiary alicyclic amines) is 1. The molecule has 2 amide bonds. The smallest absolute Gasteiger partial charge is 0.287 e. The molecule has 2 aliphatic heterocycles. The third-order valence-corrected chi connectivity index (χ3v) is 5.07. The summed E-state index contributed by atoms with van der Waals surface area (Å²) in [4.78, 5) is 30.8. The Bertz CT molecular complexity index is 514. The minimum Gasteiger partial charge on any atom is -0.569 e. The summed E-state index contributed by atoms with van der Waals surface area (Å²) in [5.74, 6) is -0.261. The van der Waals surface area contributed by atoms with Crippen LogP contribution in [0.5, 0.6) is 0 Å². The van der Waals surface area contributed by atoms with Crippen LogP contribution in [-0.2, 0) is 9.63 Å². The summed E-state index contributed by atoms with van der Waals surface area (Å²) in [7, 11) is 0. The molecule has 136 valence electrons. The topological polar surface area (TPSA) is 100 Å². The normalized spacial score (nSPS) is 24.2. The van der Waals surface area contributed by atoms with Crippen molar-refractivity contribution in [1.82, 2.24) is 15.2 Å². The molecule has 0 saturated carbocycles. The van der Waals surface area contributed by atoms with Gasteiger partial charge in [0.1, 0.15) is 11.5 Å². The molecule has 9 nitrogen and oxygen atoms in total. The average molecular weight is 359 g/mol. The predicted octanol–water partition coefficient (Wildman–Crippen LogP) is 1.69. The van der Waals surface area contributed by atoms with Crippen LogP contribution in [0.25, 0.3) is 0 Å². The first kappa shape index (κ1) is 18.8. The SMILES string of the molecule is CCN(/[N+]([O-])=N\OC1CCN(C2SC(=O)NC2=O)CC1)C(C)(C)C.